The lowest BCUT2D eigenvalue weighted by molar-refractivity contribution is -0.908. The van der Waals surface area contributed by atoms with Crippen LogP contribution < -0.4 is 10.0 Å². The SMILES string of the molecule is O=C1C(=O)N(CCC[NH+]2CCOCC2)C(c2ccncc2)C1=C([O-])c1ccncc1. The van der Waals surface area contributed by atoms with Crippen LogP contribution in [0.3, 0.4) is 0 Å². The highest BCUT2D eigenvalue weighted by molar-refractivity contribution is 6.46. The molecule has 2 aromatic rings. The van der Waals surface area contributed by atoms with E-state index in [9.17, 15) is 14.7 Å². The number of rotatable bonds is 6. The Morgan fingerprint density at radius 3 is 2.37 bits per heavy atom. The molecule has 0 aliphatic carbocycles. The standard InChI is InChI=1S/C22H24N4O4/c27-20(17-4-8-24-9-5-17)18-19(16-2-6-23-7-3-16)26(22(29)21(18)28)11-1-10-25-12-14-30-15-13-25/h2-9,19,27H,1,10-15H2. The first-order valence-electron chi connectivity index (χ1n) is 10.1. The van der Waals surface area contributed by atoms with Crippen molar-refractivity contribution in [2.45, 2.75) is 12.5 Å². The van der Waals surface area contributed by atoms with E-state index >= 15 is 0 Å². The number of nitrogens with one attached hydrogen (secondary N) is 1. The van der Waals surface area contributed by atoms with Gasteiger partial charge in [-0.1, -0.05) is 5.76 Å². The van der Waals surface area contributed by atoms with Gasteiger partial charge in [-0.25, -0.2) is 0 Å². The van der Waals surface area contributed by atoms with Crippen LogP contribution in [-0.4, -0.2) is 66.0 Å². The number of pyridine rings is 2. The van der Waals surface area contributed by atoms with Crippen molar-refractivity contribution in [3.05, 3.63) is 65.8 Å². The lowest BCUT2D eigenvalue weighted by Crippen LogP contribution is -3.14. The molecule has 0 saturated carbocycles. The van der Waals surface area contributed by atoms with E-state index in [0.717, 1.165) is 39.3 Å². The fourth-order valence-corrected chi connectivity index (χ4v) is 4.06. The van der Waals surface area contributed by atoms with Gasteiger partial charge in [-0.3, -0.25) is 19.6 Å². The molecule has 4 rings (SSSR count). The lowest BCUT2D eigenvalue weighted by Gasteiger charge is -2.28. The molecule has 30 heavy (non-hydrogen) atoms. The predicted molar refractivity (Wildman–Crippen MR) is 106 cm³/mol. The van der Waals surface area contributed by atoms with Crippen LogP contribution in [-0.2, 0) is 14.3 Å². The zero-order chi connectivity index (χ0) is 20.9. The van der Waals surface area contributed by atoms with E-state index in [1.165, 1.54) is 22.2 Å². The zero-order valence-electron chi connectivity index (χ0n) is 16.6. The Bertz CT molecular complexity index is 927. The third-order valence-corrected chi connectivity index (χ3v) is 5.62. The van der Waals surface area contributed by atoms with E-state index < -0.39 is 23.5 Å². The highest BCUT2D eigenvalue weighted by Gasteiger charge is 2.44. The topological polar surface area (TPSA) is 99.9 Å². The number of carbonyl (C=O) groups excluding carboxylic acids is 2. The van der Waals surface area contributed by atoms with Crippen molar-refractivity contribution in [2.24, 2.45) is 0 Å². The minimum atomic E-state index is -0.725. The van der Waals surface area contributed by atoms with E-state index in [1.807, 2.05) is 0 Å². The van der Waals surface area contributed by atoms with Crippen molar-refractivity contribution in [1.82, 2.24) is 14.9 Å². The monoisotopic (exact) mass is 408 g/mol. The molecule has 1 atom stereocenters. The van der Waals surface area contributed by atoms with E-state index in [0.29, 0.717) is 17.7 Å². The number of carbonyl (C=O) groups is 2. The molecule has 2 aliphatic heterocycles. The predicted octanol–water partition coefficient (Wildman–Crippen LogP) is -0.994. The Kier molecular flexibility index (Phi) is 6.15. The minimum absolute atomic E-state index is 0.00359. The Hall–Kier alpha value is -3.10. The molecule has 0 spiro atoms. The number of morpholine rings is 1. The number of Topliss-reactive ketones (excluding diaryl/α,β-unsaturated/α-hetero) is 1. The minimum Gasteiger partial charge on any atom is -0.872 e. The molecule has 2 aliphatic rings. The largest absolute Gasteiger partial charge is 0.872 e. The number of ether oxygens (including phenoxy) is 1. The van der Waals surface area contributed by atoms with Crippen LogP contribution >= 0.6 is 0 Å². The summed E-state index contributed by atoms with van der Waals surface area (Å²) in [4.78, 5) is 36.7. The van der Waals surface area contributed by atoms with Crippen LogP contribution in [0.15, 0.2) is 54.6 Å². The van der Waals surface area contributed by atoms with Crippen LogP contribution in [0.5, 0.6) is 0 Å². The summed E-state index contributed by atoms with van der Waals surface area (Å²) in [5.74, 6) is -1.78. The first kappa shape index (κ1) is 20.2. The molecular formula is C22H24N4O4. The summed E-state index contributed by atoms with van der Waals surface area (Å²) in [7, 11) is 0. The number of ketones is 1. The number of aromatic nitrogens is 2. The average molecular weight is 408 g/mol. The van der Waals surface area contributed by atoms with E-state index in [4.69, 9.17) is 4.74 Å². The van der Waals surface area contributed by atoms with Gasteiger partial charge in [0.2, 0.25) is 5.78 Å². The summed E-state index contributed by atoms with van der Waals surface area (Å²) in [6.45, 7) is 4.67. The summed E-state index contributed by atoms with van der Waals surface area (Å²) in [5.41, 5.74) is 1.05. The maximum Gasteiger partial charge on any atom is 0.295 e. The van der Waals surface area contributed by atoms with Crippen molar-refractivity contribution < 1.29 is 24.3 Å². The fraction of sp³-hybridized carbons (Fsp3) is 0.364. The van der Waals surface area contributed by atoms with Crippen LogP contribution in [0.2, 0.25) is 0 Å². The van der Waals surface area contributed by atoms with Crippen molar-refractivity contribution in [2.75, 3.05) is 39.4 Å². The number of amides is 1. The second-order valence-corrected chi connectivity index (χ2v) is 7.46. The van der Waals surface area contributed by atoms with Gasteiger partial charge >= 0.3 is 0 Å². The van der Waals surface area contributed by atoms with Crippen molar-refractivity contribution >= 4 is 17.4 Å². The van der Waals surface area contributed by atoms with Gasteiger partial charge in [-0.05, 0) is 35.4 Å². The lowest BCUT2D eigenvalue weighted by atomic mass is 9.96. The Morgan fingerprint density at radius 1 is 1.07 bits per heavy atom. The molecule has 1 amide bonds. The summed E-state index contributed by atoms with van der Waals surface area (Å²) >= 11 is 0. The molecule has 4 heterocycles. The first-order valence-corrected chi connectivity index (χ1v) is 10.1. The average Bonchev–Trinajstić information content (AvgIpc) is 3.05. The van der Waals surface area contributed by atoms with Crippen LogP contribution in [0.4, 0.5) is 0 Å². The quantitative estimate of drug-likeness (QED) is 0.374. The highest BCUT2D eigenvalue weighted by atomic mass is 16.5. The van der Waals surface area contributed by atoms with Crippen molar-refractivity contribution in [3.63, 3.8) is 0 Å². The zero-order valence-corrected chi connectivity index (χ0v) is 16.6. The third kappa shape index (κ3) is 4.10. The van der Waals surface area contributed by atoms with Gasteiger partial charge in [0.15, 0.2) is 0 Å². The molecule has 2 aromatic heterocycles. The van der Waals surface area contributed by atoms with Gasteiger partial charge in [0, 0.05) is 43.3 Å². The molecule has 1 unspecified atom stereocenters. The van der Waals surface area contributed by atoms with E-state index in [1.54, 1.807) is 36.7 Å². The van der Waals surface area contributed by atoms with Gasteiger partial charge < -0.3 is 19.6 Å². The molecule has 0 bridgehead atoms. The second kappa shape index (κ2) is 9.15. The third-order valence-electron chi connectivity index (χ3n) is 5.62. The molecule has 1 N–H and O–H groups in total. The van der Waals surface area contributed by atoms with Gasteiger partial charge in [0.1, 0.15) is 13.1 Å². The van der Waals surface area contributed by atoms with Gasteiger partial charge in [0.05, 0.1) is 25.8 Å². The van der Waals surface area contributed by atoms with Gasteiger partial charge in [0.25, 0.3) is 5.91 Å². The molecule has 2 saturated heterocycles. The molecule has 8 heteroatoms. The highest BCUT2D eigenvalue weighted by Crippen LogP contribution is 2.38. The Morgan fingerprint density at radius 2 is 1.70 bits per heavy atom. The second-order valence-electron chi connectivity index (χ2n) is 7.46. The number of hydrogen-bond donors (Lipinski definition) is 1. The number of likely N-dealkylation sites (tertiary alicyclic amines) is 1. The summed E-state index contributed by atoms with van der Waals surface area (Å²) in [6.07, 6.45) is 6.95. The molecule has 0 radical (unpaired) electrons. The van der Waals surface area contributed by atoms with Crippen LogP contribution in [0, 0.1) is 0 Å². The fourth-order valence-electron chi connectivity index (χ4n) is 4.06. The number of nitrogens with zero attached hydrogens (tertiary/aromatic N) is 3. The Labute approximate surface area is 174 Å². The number of hydrogen-bond acceptors (Lipinski definition) is 6. The maximum atomic E-state index is 13.2. The molecule has 0 aromatic carbocycles. The normalized spacial score (nSPS) is 21.9. The molecule has 2 fully saturated rings. The maximum absolute atomic E-state index is 13.2. The first-order chi connectivity index (χ1) is 14.7. The Balaban J connectivity index is 1.63. The summed E-state index contributed by atoms with van der Waals surface area (Å²) < 4.78 is 5.39. The smallest absolute Gasteiger partial charge is 0.295 e. The van der Waals surface area contributed by atoms with Gasteiger partial charge in [-0.15, -0.1) is 0 Å². The molecule has 156 valence electrons. The molecular weight excluding hydrogens is 384 g/mol. The van der Waals surface area contributed by atoms with E-state index in [2.05, 4.69) is 9.97 Å². The van der Waals surface area contributed by atoms with E-state index in [-0.39, 0.29) is 5.57 Å². The van der Waals surface area contributed by atoms with Crippen LogP contribution in [0.1, 0.15) is 23.6 Å². The summed E-state index contributed by atoms with van der Waals surface area (Å²) in [6, 6.07) is 5.91. The summed E-state index contributed by atoms with van der Waals surface area (Å²) in [5, 5.41) is 13.2. The van der Waals surface area contributed by atoms with Crippen molar-refractivity contribution in [3.8, 4) is 0 Å². The molecule has 8 nitrogen and oxygen atoms in total. The van der Waals surface area contributed by atoms with Crippen molar-refractivity contribution in [1.29, 1.82) is 0 Å². The van der Waals surface area contributed by atoms with Gasteiger partial charge in [-0.2, -0.15) is 0 Å². The number of quaternary nitrogens is 1. The van der Waals surface area contributed by atoms with Crippen LogP contribution in [0.25, 0.3) is 5.76 Å².